The van der Waals surface area contributed by atoms with E-state index in [2.05, 4.69) is 6.07 Å². The summed E-state index contributed by atoms with van der Waals surface area (Å²) in [6.45, 7) is 2.04. The topological polar surface area (TPSA) is 55.6 Å². The highest BCUT2D eigenvalue weighted by atomic mass is 16.5. The fourth-order valence-corrected chi connectivity index (χ4v) is 1.71. The molecular weight excluding hydrogens is 216 g/mol. The molecule has 0 spiro atoms. The summed E-state index contributed by atoms with van der Waals surface area (Å²) in [7, 11) is 3.22. The van der Waals surface area contributed by atoms with Crippen molar-refractivity contribution in [3.63, 3.8) is 0 Å². The van der Waals surface area contributed by atoms with Crippen LogP contribution in [-0.2, 0) is 11.2 Å². The highest BCUT2D eigenvalue weighted by molar-refractivity contribution is 5.75. The maximum absolute atomic E-state index is 11.3. The number of hydrogen-bond acceptors (Lipinski definition) is 3. The monoisotopic (exact) mass is 236 g/mol. The fraction of sp³-hybridized carbons (Fsp3) is 0.462. The van der Waals surface area contributed by atoms with Gasteiger partial charge >= 0.3 is 0 Å². The summed E-state index contributed by atoms with van der Waals surface area (Å²) in [6.07, 6.45) is 2.06. The molecule has 0 aliphatic rings. The van der Waals surface area contributed by atoms with Gasteiger partial charge in [-0.15, -0.1) is 0 Å². The van der Waals surface area contributed by atoms with Crippen LogP contribution in [0, 0.1) is 6.92 Å². The second-order valence-corrected chi connectivity index (χ2v) is 4.17. The number of rotatable bonds is 5. The Balaban J connectivity index is 2.56. The lowest BCUT2D eigenvalue weighted by Crippen LogP contribution is -2.32. The molecule has 0 atom stereocenters. The summed E-state index contributed by atoms with van der Waals surface area (Å²) in [6, 6.07) is 6.07. The van der Waals surface area contributed by atoms with Gasteiger partial charge in [0.25, 0.3) is 0 Å². The van der Waals surface area contributed by atoms with Crippen molar-refractivity contribution in [3.8, 4) is 5.75 Å². The average molecular weight is 236 g/mol. The minimum absolute atomic E-state index is 0.0448. The van der Waals surface area contributed by atoms with Crippen molar-refractivity contribution in [2.45, 2.75) is 26.2 Å². The molecular formula is C13H20N2O2. The highest BCUT2D eigenvalue weighted by Crippen LogP contribution is 2.21. The van der Waals surface area contributed by atoms with Gasteiger partial charge in [-0.1, -0.05) is 17.7 Å². The predicted octanol–water partition coefficient (Wildman–Crippen LogP) is 1.66. The van der Waals surface area contributed by atoms with E-state index in [1.54, 1.807) is 14.2 Å². The Morgan fingerprint density at radius 3 is 2.76 bits per heavy atom. The van der Waals surface area contributed by atoms with Crippen molar-refractivity contribution in [3.05, 3.63) is 29.3 Å². The molecule has 0 aliphatic heterocycles. The lowest BCUT2D eigenvalue weighted by atomic mass is 10.0. The van der Waals surface area contributed by atoms with Crippen LogP contribution in [0.4, 0.5) is 0 Å². The molecule has 0 aliphatic carbocycles. The average Bonchev–Trinajstić information content (AvgIpc) is 2.29. The second-order valence-electron chi connectivity index (χ2n) is 4.17. The smallest absolute Gasteiger partial charge is 0.236 e. The number of benzene rings is 1. The minimum Gasteiger partial charge on any atom is -0.496 e. The summed E-state index contributed by atoms with van der Waals surface area (Å²) in [4.78, 5) is 11.3. The van der Waals surface area contributed by atoms with Crippen LogP contribution >= 0.6 is 0 Å². The molecule has 1 aromatic rings. The number of carbonyl (C=O) groups excluding carboxylic acids is 1. The third-order valence-electron chi connectivity index (χ3n) is 2.67. The van der Waals surface area contributed by atoms with Crippen LogP contribution in [0.2, 0.25) is 0 Å². The van der Waals surface area contributed by atoms with Crippen LogP contribution in [0.1, 0.15) is 24.0 Å². The second kappa shape index (κ2) is 6.25. The lowest BCUT2D eigenvalue weighted by Gasteiger charge is -2.11. The maximum atomic E-state index is 11.3. The molecule has 4 heteroatoms. The summed E-state index contributed by atoms with van der Waals surface area (Å²) < 4.78 is 5.29. The molecule has 2 N–H and O–H groups in total. The van der Waals surface area contributed by atoms with Crippen molar-refractivity contribution in [2.24, 2.45) is 5.84 Å². The van der Waals surface area contributed by atoms with Crippen molar-refractivity contribution in [1.29, 1.82) is 0 Å². The molecule has 1 amide bonds. The van der Waals surface area contributed by atoms with Gasteiger partial charge in [0, 0.05) is 13.5 Å². The number of nitrogens with zero attached hydrogens (tertiary/aromatic N) is 1. The number of ether oxygens (including phenoxy) is 1. The van der Waals surface area contributed by atoms with Crippen LogP contribution in [-0.4, -0.2) is 25.1 Å². The SMILES string of the molecule is COc1ccc(C)cc1CCCC(=O)N(C)N. The van der Waals surface area contributed by atoms with Crippen molar-refractivity contribution in [2.75, 3.05) is 14.2 Å². The Morgan fingerprint density at radius 1 is 1.47 bits per heavy atom. The van der Waals surface area contributed by atoms with Crippen LogP contribution in [0.5, 0.6) is 5.75 Å². The number of nitrogens with two attached hydrogens (primary N) is 1. The summed E-state index contributed by atoms with van der Waals surface area (Å²) >= 11 is 0. The number of methoxy groups -OCH3 is 1. The van der Waals surface area contributed by atoms with Crippen LogP contribution in [0.15, 0.2) is 18.2 Å². The number of hydrogen-bond donors (Lipinski definition) is 1. The van der Waals surface area contributed by atoms with E-state index in [9.17, 15) is 4.79 Å². The van der Waals surface area contributed by atoms with Gasteiger partial charge in [0.15, 0.2) is 0 Å². The Labute approximate surface area is 102 Å². The van der Waals surface area contributed by atoms with E-state index in [1.165, 1.54) is 5.56 Å². The van der Waals surface area contributed by atoms with Gasteiger partial charge in [0.2, 0.25) is 5.91 Å². The quantitative estimate of drug-likeness (QED) is 0.480. The van der Waals surface area contributed by atoms with Crippen molar-refractivity contribution in [1.82, 2.24) is 5.01 Å². The van der Waals surface area contributed by atoms with Crippen molar-refractivity contribution >= 4 is 5.91 Å². The van der Waals surface area contributed by atoms with Crippen LogP contribution in [0.3, 0.4) is 0 Å². The first-order valence-electron chi connectivity index (χ1n) is 5.69. The Morgan fingerprint density at radius 2 is 2.18 bits per heavy atom. The van der Waals surface area contributed by atoms with E-state index in [4.69, 9.17) is 10.6 Å². The molecule has 0 fully saturated rings. The maximum Gasteiger partial charge on any atom is 0.236 e. The van der Waals surface area contributed by atoms with Crippen LogP contribution in [0.25, 0.3) is 0 Å². The number of hydrazine groups is 1. The van der Waals surface area contributed by atoms with Gasteiger partial charge in [0.1, 0.15) is 5.75 Å². The van der Waals surface area contributed by atoms with Crippen molar-refractivity contribution < 1.29 is 9.53 Å². The first-order valence-corrected chi connectivity index (χ1v) is 5.69. The molecule has 0 heterocycles. The van der Waals surface area contributed by atoms with Gasteiger partial charge in [-0.3, -0.25) is 9.80 Å². The van der Waals surface area contributed by atoms with E-state index in [1.807, 2.05) is 19.1 Å². The summed E-state index contributed by atoms with van der Waals surface area (Å²) in [5.41, 5.74) is 2.34. The zero-order valence-corrected chi connectivity index (χ0v) is 10.7. The van der Waals surface area contributed by atoms with E-state index in [0.717, 1.165) is 29.2 Å². The molecule has 0 aromatic heterocycles. The molecule has 94 valence electrons. The summed E-state index contributed by atoms with van der Waals surface area (Å²) in [5, 5.41) is 1.13. The third kappa shape index (κ3) is 4.07. The Kier molecular flexibility index (Phi) is 4.97. The van der Waals surface area contributed by atoms with Gasteiger partial charge in [0.05, 0.1) is 7.11 Å². The Bertz CT molecular complexity index is 389. The molecule has 0 radical (unpaired) electrons. The number of aryl methyl sites for hydroxylation is 2. The first kappa shape index (κ1) is 13.5. The summed E-state index contributed by atoms with van der Waals surface area (Å²) in [5.74, 6) is 6.19. The van der Waals surface area contributed by atoms with Gasteiger partial charge in [-0.05, 0) is 31.4 Å². The molecule has 1 rings (SSSR count). The zero-order valence-electron chi connectivity index (χ0n) is 10.7. The number of amides is 1. The normalized spacial score (nSPS) is 10.1. The molecule has 0 bridgehead atoms. The van der Waals surface area contributed by atoms with E-state index >= 15 is 0 Å². The van der Waals surface area contributed by atoms with E-state index in [0.29, 0.717) is 6.42 Å². The first-order chi connectivity index (χ1) is 8.04. The molecule has 1 aromatic carbocycles. The largest absolute Gasteiger partial charge is 0.496 e. The molecule has 4 nitrogen and oxygen atoms in total. The van der Waals surface area contributed by atoms with Gasteiger partial charge in [-0.25, -0.2) is 5.84 Å². The standard InChI is InChI=1S/C13H20N2O2/c1-10-7-8-12(17-3)11(9-10)5-4-6-13(16)15(2)14/h7-9H,4-6,14H2,1-3H3. The van der Waals surface area contributed by atoms with Crippen LogP contribution < -0.4 is 10.6 Å². The van der Waals surface area contributed by atoms with Gasteiger partial charge < -0.3 is 4.74 Å². The molecule has 0 unspecified atom stereocenters. The Hall–Kier alpha value is -1.55. The number of carbonyl (C=O) groups is 1. The van der Waals surface area contributed by atoms with Gasteiger partial charge in [-0.2, -0.15) is 0 Å². The third-order valence-corrected chi connectivity index (χ3v) is 2.67. The van der Waals surface area contributed by atoms with E-state index in [-0.39, 0.29) is 5.91 Å². The molecule has 17 heavy (non-hydrogen) atoms. The zero-order chi connectivity index (χ0) is 12.8. The minimum atomic E-state index is -0.0448. The molecule has 0 saturated carbocycles. The fourth-order valence-electron chi connectivity index (χ4n) is 1.71. The highest BCUT2D eigenvalue weighted by Gasteiger charge is 2.07. The lowest BCUT2D eigenvalue weighted by molar-refractivity contribution is -0.130. The molecule has 0 saturated heterocycles. The van der Waals surface area contributed by atoms with E-state index < -0.39 is 0 Å². The predicted molar refractivity (Wildman–Crippen MR) is 67.6 cm³/mol.